The summed E-state index contributed by atoms with van der Waals surface area (Å²) in [6.07, 6.45) is 3.35. The largest absolute Gasteiger partial charge is 0.378 e. The SMILES string of the molecule is CN(C)c1ccc(N=Nc2ncc[nH]2)cc1. The van der Waals surface area contributed by atoms with Gasteiger partial charge in [-0.15, -0.1) is 10.2 Å². The number of rotatable bonds is 3. The predicted molar refractivity (Wildman–Crippen MR) is 63.5 cm³/mol. The Kier molecular flexibility index (Phi) is 2.95. The summed E-state index contributed by atoms with van der Waals surface area (Å²) in [5.41, 5.74) is 1.94. The van der Waals surface area contributed by atoms with Gasteiger partial charge in [0.25, 0.3) is 0 Å². The maximum absolute atomic E-state index is 4.06. The van der Waals surface area contributed by atoms with Crippen molar-refractivity contribution in [3.8, 4) is 0 Å². The van der Waals surface area contributed by atoms with Gasteiger partial charge in [0.2, 0.25) is 5.95 Å². The molecule has 82 valence electrons. The number of imidazole rings is 1. The van der Waals surface area contributed by atoms with Crippen molar-refractivity contribution in [2.75, 3.05) is 19.0 Å². The molecule has 0 aliphatic carbocycles. The summed E-state index contributed by atoms with van der Waals surface area (Å²) in [4.78, 5) is 8.85. The van der Waals surface area contributed by atoms with Gasteiger partial charge in [0, 0.05) is 32.2 Å². The Morgan fingerprint density at radius 3 is 2.44 bits per heavy atom. The molecule has 0 amide bonds. The smallest absolute Gasteiger partial charge is 0.246 e. The summed E-state index contributed by atoms with van der Waals surface area (Å²) < 4.78 is 0. The Labute approximate surface area is 93.9 Å². The lowest BCUT2D eigenvalue weighted by Crippen LogP contribution is -2.07. The van der Waals surface area contributed by atoms with E-state index in [9.17, 15) is 0 Å². The quantitative estimate of drug-likeness (QED) is 0.800. The highest BCUT2D eigenvalue weighted by molar-refractivity contribution is 5.51. The van der Waals surface area contributed by atoms with E-state index >= 15 is 0 Å². The van der Waals surface area contributed by atoms with Crippen LogP contribution in [0.2, 0.25) is 0 Å². The summed E-state index contributed by atoms with van der Waals surface area (Å²) in [7, 11) is 4.00. The lowest BCUT2D eigenvalue weighted by atomic mass is 10.3. The van der Waals surface area contributed by atoms with Gasteiger partial charge in [-0.25, -0.2) is 4.98 Å². The highest BCUT2D eigenvalue weighted by atomic mass is 15.2. The van der Waals surface area contributed by atoms with E-state index in [0.717, 1.165) is 11.4 Å². The number of hydrogen-bond acceptors (Lipinski definition) is 4. The van der Waals surface area contributed by atoms with Crippen LogP contribution in [0.25, 0.3) is 0 Å². The van der Waals surface area contributed by atoms with Crippen molar-refractivity contribution >= 4 is 17.3 Å². The minimum atomic E-state index is 0.511. The standard InChI is InChI=1S/C11H13N5/c1-16(2)10-5-3-9(4-6-10)14-15-11-12-7-8-13-11/h3-8H,1-2H3,(H,12,13). The first-order chi connectivity index (χ1) is 7.75. The van der Waals surface area contributed by atoms with Gasteiger partial charge in [-0.2, -0.15) is 0 Å². The summed E-state index contributed by atoms with van der Waals surface area (Å²) in [6.45, 7) is 0. The molecule has 2 rings (SSSR count). The third-order valence-corrected chi connectivity index (χ3v) is 2.11. The molecule has 0 radical (unpaired) electrons. The van der Waals surface area contributed by atoms with E-state index in [4.69, 9.17) is 0 Å². The van der Waals surface area contributed by atoms with Crippen LogP contribution in [-0.4, -0.2) is 24.1 Å². The molecule has 1 heterocycles. The second kappa shape index (κ2) is 4.57. The Balaban J connectivity index is 2.11. The Hall–Kier alpha value is -2.17. The Bertz CT molecular complexity index is 456. The van der Waals surface area contributed by atoms with Crippen molar-refractivity contribution in [1.82, 2.24) is 9.97 Å². The second-order valence-electron chi connectivity index (χ2n) is 3.52. The van der Waals surface area contributed by atoms with Crippen LogP contribution in [0.15, 0.2) is 46.9 Å². The molecule has 1 N–H and O–H groups in total. The van der Waals surface area contributed by atoms with E-state index in [1.165, 1.54) is 0 Å². The lowest BCUT2D eigenvalue weighted by molar-refractivity contribution is 1.11. The molecule has 1 aromatic heterocycles. The molecule has 2 aromatic rings. The van der Waals surface area contributed by atoms with Gasteiger partial charge in [0.05, 0.1) is 5.69 Å². The molecule has 1 aromatic carbocycles. The first-order valence-corrected chi connectivity index (χ1v) is 4.94. The maximum atomic E-state index is 4.06. The number of aromatic amines is 1. The molecule has 5 nitrogen and oxygen atoms in total. The van der Waals surface area contributed by atoms with Gasteiger partial charge in [0.15, 0.2) is 0 Å². The fraction of sp³-hybridized carbons (Fsp3) is 0.182. The third-order valence-electron chi connectivity index (χ3n) is 2.11. The molecule has 0 aliphatic rings. The van der Waals surface area contributed by atoms with Gasteiger partial charge in [0.1, 0.15) is 0 Å². The third kappa shape index (κ3) is 2.44. The predicted octanol–water partition coefficient (Wildman–Crippen LogP) is 2.89. The average molecular weight is 215 g/mol. The van der Waals surface area contributed by atoms with Crippen LogP contribution < -0.4 is 4.90 Å². The first kappa shape index (κ1) is 10.4. The number of hydrogen-bond donors (Lipinski definition) is 1. The average Bonchev–Trinajstić information content (AvgIpc) is 2.80. The minimum Gasteiger partial charge on any atom is -0.378 e. The van der Waals surface area contributed by atoms with Gasteiger partial charge in [-0.05, 0) is 24.3 Å². The Morgan fingerprint density at radius 1 is 1.12 bits per heavy atom. The van der Waals surface area contributed by atoms with Crippen LogP contribution in [0.1, 0.15) is 0 Å². The molecule has 5 heteroatoms. The van der Waals surface area contributed by atoms with Gasteiger partial charge in [-0.3, -0.25) is 0 Å². The zero-order chi connectivity index (χ0) is 11.4. The van der Waals surface area contributed by atoms with E-state index in [-0.39, 0.29) is 0 Å². The van der Waals surface area contributed by atoms with Crippen molar-refractivity contribution < 1.29 is 0 Å². The van der Waals surface area contributed by atoms with Gasteiger partial charge < -0.3 is 9.88 Å². The van der Waals surface area contributed by atoms with Crippen LogP contribution in [0.4, 0.5) is 17.3 Å². The van der Waals surface area contributed by atoms with Crippen molar-refractivity contribution in [2.45, 2.75) is 0 Å². The van der Waals surface area contributed by atoms with Crippen molar-refractivity contribution in [3.05, 3.63) is 36.7 Å². The summed E-state index contributed by atoms with van der Waals surface area (Å²) >= 11 is 0. The van der Waals surface area contributed by atoms with Crippen LogP contribution in [0, 0.1) is 0 Å². The summed E-state index contributed by atoms with van der Waals surface area (Å²) in [5.74, 6) is 0.511. The van der Waals surface area contributed by atoms with E-state index < -0.39 is 0 Å². The lowest BCUT2D eigenvalue weighted by Gasteiger charge is -2.11. The molecular formula is C11H13N5. The monoisotopic (exact) mass is 215 g/mol. The van der Waals surface area contributed by atoms with Gasteiger partial charge >= 0.3 is 0 Å². The number of anilines is 1. The molecule has 0 aliphatic heterocycles. The molecule has 0 fully saturated rings. The van der Waals surface area contributed by atoms with Crippen molar-refractivity contribution in [2.24, 2.45) is 10.2 Å². The van der Waals surface area contributed by atoms with E-state index in [1.807, 2.05) is 43.3 Å². The number of H-pyrrole nitrogens is 1. The maximum Gasteiger partial charge on any atom is 0.246 e. The van der Waals surface area contributed by atoms with Gasteiger partial charge in [-0.1, -0.05) is 0 Å². The number of nitrogens with one attached hydrogen (secondary N) is 1. The molecule has 0 atom stereocenters. The highest BCUT2D eigenvalue weighted by Gasteiger charge is 1.95. The van der Waals surface area contributed by atoms with Crippen LogP contribution >= 0.6 is 0 Å². The molecule has 0 spiro atoms. The van der Waals surface area contributed by atoms with Crippen LogP contribution in [0.3, 0.4) is 0 Å². The Morgan fingerprint density at radius 2 is 1.88 bits per heavy atom. The number of benzene rings is 1. The molecule has 0 unspecified atom stereocenters. The van der Waals surface area contributed by atoms with E-state index in [0.29, 0.717) is 5.95 Å². The fourth-order valence-corrected chi connectivity index (χ4v) is 1.23. The molecule has 16 heavy (non-hydrogen) atoms. The highest BCUT2D eigenvalue weighted by Crippen LogP contribution is 2.19. The minimum absolute atomic E-state index is 0.511. The second-order valence-corrected chi connectivity index (χ2v) is 3.52. The number of azo groups is 1. The van der Waals surface area contributed by atoms with Crippen LogP contribution in [0.5, 0.6) is 0 Å². The normalized spacial score (nSPS) is 10.9. The molecule has 0 saturated heterocycles. The zero-order valence-electron chi connectivity index (χ0n) is 9.25. The molecule has 0 saturated carbocycles. The molecular weight excluding hydrogens is 202 g/mol. The number of nitrogens with zero attached hydrogens (tertiary/aromatic N) is 4. The van der Waals surface area contributed by atoms with Crippen molar-refractivity contribution in [1.29, 1.82) is 0 Å². The summed E-state index contributed by atoms with van der Waals surface area (Å²) in [6, 6.07) is 7.83. The van der Waals surface area contributed by atoms with Crippen molar-refractivity contribution in [3.63, 3.8) is 0 Å². The van der Waals surface area contributed by atoms with Crippen LogP contribution in [-0.2, 0) is 0 Å². The topological polar surface area (TPSA) is 56.6 Å². The molecule has 0 bridgehead atoms. The fourth-order valence-electron chi connectivity index (χ4n) is 1.23. The zero-order valence-corrected chi connectivity index (χ0v) is 9.25. The summed E-state index contributed by atoms with van der Waals surface area (Å²) in [5, 5.41) is 8.02. The number of aromatic nitrogens is 2. The van der Waals surface area contributed by atoms with E-state index in [1.54, 1.807) is 12.4 Å². The van der Waals surface area contributed by atoms with E-state index in [2.05, 4.69) is 20.2 Å². The first-order valence-electron chi connectivity index (χ1n) is 4.94.